The third kappa shape index (κ3) is 3.64. The van der Waals surface area contributed by atoms with Crippen molar-refractivity contribution in [2.75, 3.05) is 5.32 Å². The Balaban J connectivity index is 2.16. The molecular weight excluding hydrogens is 326 g/mol. The van der Waals surface area contributed by atoms with Crippen LogP contribution in [0.4, 0.5) is 5.69 Å². The zero-order chi connectivity index (χ0) is 13.8. The molecule has 0 aliphatic carbocycles. The first-order valence-electron chi connectivity index (χ1n) is 6.10. The van der Waals surface area contributed by atoms with Crippen molar-refractivity contribution in [1.29, 1.82) is 0 Å². The molecule has 2 rings (SSSR count). The van der Waals surface area contributed by atoms with Gasteiger partial charge in [0.15, 0.2) is 0 Å². The molecule has 2 N–H and O–H groups in total. The maximum atomic E-state index is 9.78. The van der Waals surface area contributed by atoms with Gasteiger partial charge in [0.05, 0.1) is 0 Å². The van der Waals surface area contributed by atoms with Crippen molar-refractivity contribution in [3.8, 4) is 5.75 Å². The fourth-order valence-electron chi connectivity index (χ4n) is 1.91. The number of anilines is 1. The van der Waals surface area contributed by atoms with Gasteiger partial charge in [0, 0.05) is 27.3 Å². The molecule has 0 saturated carbocycles. The second-order valence-electron chi connectivity index (χ2n) is 4.28. The van der Waals surface area contributed by atoms with Crippen LogP contribution in [0.15, 0.2) is 40.9 Å². The minimum Gasteiger partial charge on any atom is -0.508 e. The van der Waals surface area contributed by atoms with Gasteiger partial charge >= 0.3 is 0 Å². The number of aryl methyl sites for hydroxylation is 1. The van der Waals surface area contributed by atoms with Crippen molar-refractivity contribution in [3.05, 3.63) is 57.0 Å². The molecule has 0 saturated heterocycles. The molecule has 2 nitrogen and oxygen atoms in total. The second-order valence-corrected chi connectivity index (χ2v) is 5.63. The van der Waals surface area contributed by atoms with Crippen LogP contribution in [0.3, 0.4) is 0 Å². The Morgan fingerprint density at radius 2 is 1.95 bits per heavy atom. The molecule has 0 heterocycles. The van der Waals surface area contributed by atoms with Gasteiger partial charge in [-0.3, -0.25) is 0 Å². The molecule has 100 valence electrons. The summed E-state index contributed by atoms with van der Waals surface area (Å²) in [5.74, 6) is 0.257. The highest BCUT2D eigenvalue weighted by atomic mass is 79.9. The molecule has 4 heteroatoms. The predicted molar refractivity (Wildman–Crippen MR) is 84.0 cm³/mol. The minimum absolute atomic E-state index is 0.257. The SMILES string of the molecule is CCc1cc(Br)ccc1NCc1cc(Cl)ccc1O. The van der Waals surface area contributed by atoms with Crippen LogP contribution in [0, 0.1) is 0 Å². The van der Waals surface area contributed by atoms with Gasteiger partial charge in [0.2, 0.25) is 0 Å². The van der Waals surface area contributed by atoms with E-state index < -0.39 is 0 Å². The van der Waals surface area contributed by atoms with Crippen LogP contribution in [0.2, 0.25) is 5.02 Å². The molecular formula is C15H15BrClNO. The first kappa shape index (κ1) is 14.2. The summed E-state index contributed by atoms with van der Waals surface area (Å²) >= 11 is 9.40. The average molecular weight is 341 g/mol. The van der Waals surface area contributed by atoms with E-state index in [0.717, 1.165) is 22.1 Å². The zero-order valence-corrected chi connectivity index (χ0v) is 12.9. The average Bonchev–Trinajstić information content (AvgIpc) is 2.40. The van der Waals surface area contributed by atoms with E-state index in [1.165, 1.54) is 5.56 Å². The molecule has 0 fully saturated rings. The lowest BCUT2D eigenvalue weighted by Gasteiger charge is -2.12. The lowest BCUT2D eigenvalue weighted by molar-refractivity contribution is 0.469. The van der Waals surface area contributed by atoms with Gasteiger partial charge in [-0.05, 0) is 48.4 Å². The smallest absolute Gasteiger partial charge is 0.120 e. The van der Waals surface area contributed by atoms with E-state index in [9.17, 15) is 5.11 Å². The standard InChI is InChI=1S/C15H15BrClNO/c1-2-10-7-12(16)3-5-14(10)18-9-11-8-13(17)4-6-15(11)19/h3-8,18-19H,2,9H2,1H3. The van der Waals surface area contributed by atoms with E-state index in [2.05, 4.69) is 34.2 Å². The third-order valence-electron chi connectivity index (χ3n) is 2.96. The predicted octanol–water partition coefficient (Wildman–Crippen LogP) is 4.98. The van der Waals surface area contributed by atoms with E-state index in [4.69, 9.17) is 11.6 Å². The van der Waals surface area contributed by atoms with E-state index in [-0.39, 0.29) is 5.75 Å². The highest BCUT2D eigenvalue weighted by Crippen LogP contribution is 2.25. The van der Waals surface area contributed by atoms with Crippen LogP contribution < -0.4 is 5.32 Å². The topological polar surface area (TPSA) is 32.3 Å². The van der Waals surface area contributed by atoms with E-state index in [1.54, 1.807) is 18.2 Å². The summed E-state index contributed by atoms with van der Waals surface area (Å²) in [4.78, 5) is 0. The van der Waals surface area contributed by atoms with Crippen molar-refractivity contribution in [3.63, 3.8) is 0 Å². The Morgan fingerprint density at radius 3 is 2.68 bits per heavy atom. The van der Waals surface area contributed by atoms with Gasteiger partial charge in [0.1, 0.15) is 5.75 Å². The summed E-state index contributed by atoms with van der Waals surface area (Å²) < 4.78 is 1.07. The summed E-state index contributed by atoms with van der Waals surface area (Å²) in [5, 5.41) is 13.7. The number of nitrogens with one attached hydrogen (secondary N) is 1. The van der Waals surface area contributed by atoms with Crippen LogP contribution in [0.5, 0.6) is 5.75 Å². The Morgan fingerprint density at radius 1 is 1.16 bits per heavy atom. The van der Waals surface area contributed by atoms with E-state index in [0.29, 0.717) is 11.6 Å². The largest absolute Gasteiger partial charge is 0.508 e. The quantitative estimate of drug-likeness (QED) is 0.822. The van der Waals surface area contributed by atoms with Gasteiger partial charge in [-0.2, -0.15) is 0 Å². The maximum Gasteiger partial charge on any atom is 0.120 e. The van der Waals surface area contributed by atoms with Crippen LogP contribution in [0.25, 0.3) is 0 Å². The molecule has 0 aromatic heterocycles. The van der Waals surface area contributed by atoms with Gasteiger partial charge in [-0.25, -0.2) is 0 Å². The monoisotopic (exact) mass is 339 g/mol. The number of phenols is 1. The molecule has 0 radical (unpaired) electrons. The normalized spacial score (nSPS) is 10.5. The molecule has 0 bridgehead atoms. The number of phenolic OH excluding ortho intramolecular Hbond substituents is 1. The maximum absolute atomic E-state index is 9.78. The van der Waals surface area contributed by atoms with Crippen LogP contribution >= 0.6 is 27.5 Å². The molecule has 0 unspecified atom stereocenters. The highest BCUT2D eigenvalue weighted by Gasteiger charge is 2.05. The minimum atomic E-state index is 0.257. The van der Waals surface area contributed by atoms with Gasteiger partial charge in [-0.15, -0.1) is 0 Å². The van der Waals surface area contributed by atoms with Gasteiger partial charge in [0.25, 0.3) is 0 Å². The Labute approximate surface area is 126 Å². The van der Waals surface area contributed by atoms with Gasteiger partial charge in [-0.1, -0.05) is 34.5 Å². The molecule has 19 heavy (non-hydrogen) atoms. The van der Waals surface area contributed by atoms with Gasteiger partial charge < -0.3 is 10.4 Å². The van der Waals surface area contributed by atoms with Crippen LogP contribution in [-0.2, 0) is 13.0 Å². The number of benzene rings is 2. The summed E-state index contributed by atoms with van der Waals surface area (Å²) in [5.41, 5.74) is 3.10. The Hall–Kier alpha value is -1.19. The molecule has 2 aromatic carbocycles. The van der Waals surface area contributed by atoms with E-state index >= 15 is 0 Å². The van der Waals surface area contributed by atoms with Crippen molar-refractivity contribution in [2.24, 2.45) is 0 Å². The molecule has 0 aliphatic heterocycles. The van der Waals surface area contributed by atoms with Crippen molar-refractivity contribution in [2.45, 2.75) is 19.9 Å². The Bertz CT molecular complexity index is 586. The van der Waals surface area contributed by atoms with Crippen molar-refractivity contribution in [1.82, 2.24) is 0 Å². The number of rotatable bonds is 4. The number of halogens is 2. The van der Waals surface area contributed by atoms with Crippen molar-refractivity contribution < 1.29 is 5.11 Å². The lowest BCUT2D eigenvalue weighted by atomic mass is 10.1. The first-order valence-corrected chi connectivity index (χ1v) is 7.27. The van der Waals surface area contributed by atoms with E-state index in [1.807, 2.05) is 12.1 Å². The number of hydrogen-bond donors (Lipinski definition) is 2. The fraction of sp³-hybridized carbons (Fsp3) is 0.200. The third-order valence-corrected chi connectivity index (χ3v) is 3.69. The number of hydrogen-bond acceptors (Lipinski definition) is 2. The first-order chi connectivity index (χ1) is 9.10. The molecule has 0 amide bonds. The second kappa shape index (κ2) is 6.31. The lowest BCUT2D eigenvalue weighted by Crippen LogP contribution is -2.02. The summed E-state index contributed by atoms with van der Waals surface area (Å²) in [6.07, 6.45) is 0.948. The fourth-order valence-corrected chi connectivity index (χ4v) is 2.52. The summed E-state index contributed by atoms with van der Waals surface area (Å²) in [7, 11) is 0. The zero-order valence-electron chi connectivity index (χ0n) is 10.6. The van der Waals surface area contributed by atoms with Crippen LogP contribution in [-0.4, -0.2) is 5.11 Å². The molecule has 0 atom stereocenters. The highest BCUT2D eigenvalue weighted by molar-refractivity contribution is 9.10. The summed E-state index contributed by atoms with van der Waals surface area (Å²) in [6.45, 7) is 2.66. The summed E-state index contributed by atoms with van der Waals surface area (Å²) in [6, 6.07) is 11.2. The Kier molecular flexibility index (Phi) is 4.72. The van der Waals surface area contributed by atoms with Crippen LogP contribution in [0.1, 0.15) is 18.1 Å². The molecule has 0 aliphatic rings. The molecule has 2 aromatic rings. The van der Waals surface area contributed by atoms with Crippen molar-refractivity contribution >= 4 is 33.2 Å². The number of aromatic hydroxyl groups is 1. The molecule has 0 spiro atoms.